The zero-order chi connectivity index (χ0) is 17.7. The molecular weight excluding hydrogens is 356 g/mol. The molecule has 1 aromatic heterocycles. The van der Waals surface area contributed by atoms with E-state index in [4.69, 9.17) is 4.74 Å². The molecule has 1 N–H and O–H groups in total. The lowest BCUT2D eigenvalue weighted by atomic mass is 10.0. The molecule has 7 heteroatoms. The number of ether oxygens (including phenoxy) is 1. The van der Waals surface area contributed by atoms with Crippen LogP contribution in [0.25, 0.3) is 0 Å². The second-order valence-corrected chi connectivity index (χ2v) is 10.3. The molecule has 1 unspecified atom stereocenters. The van der Waals surface area contributed by atoms with E-state index in [1.54, 1.807) is 15.6 Å². The van der Waals surface area contributed by atoms with Crippen LogP contribution >= 0.6 is 11.3 Å². The molecule has 1 atom stereocenters. The van der Waals surface area contributed by atoms with Gasteiger partial charge in [-0.2, -0.15) is 4.31 Å². The van der Waals surface area contributed by atoms with Crippen LogP contribution in [0.1, 0.15) is 49.5 Å². The van der Waals surface area contributed by atoms with Crippen LogP contribution in [0, 0.1) is 5.92 Å². The SMILES string of the molecule is CCCCS(=O)(=O)N1CCc2sc(OCCCC3CCNC3)cc2C1. The quantitative estimate of drug-likeness (QED) is 0.663. The first-order valence-corrected chi connectivity index (χ1v) is 11.9. The first-order chi connectivity index (χ1) is 12.1. The standard InChI is InChI=1S/C18H30N2O3S2/c1-2-3-11-25(21,22)20-9-7-17-16(14-20)12-18(24-17)23-10-4-5-15-6-8-19-13-15/h12,15,19H,2-11,13-14H2,1H3. The molecule has 25 heavy (non-hydrogen) atoms. The van der Waals surface area contributed by atoms with Crippen molar-refractivity contribution in [2.45, 2.75) is 52.0 Å². The van der Waals surface area contributed by atoms with Crippen molar-refractivity contribution in [1.82, 2.24) is 9.62 Å². The van der Waals surface area contributed by atoms with Crippen LogP contribution in [0.3, 0.4) is 0 Å². The van der Waals surface area contributed by atoms with E-state index in [0.717, 1.165) is 61.9 Å². The topological polar surface area (TPSA) is 58.6 Å². The summed E-state index contributed by atoms with van der Waals surface area (Å²) in [5, 5.41) is 4.35. The fraction of sp³-hybridized carbons (Fsp3) is 0.778. The van der Waals surface area contributed by atoms with Gasteiger partial charge in [-0.05, 0) is 62.7 Å². The van der Waals surface area contributed by atoms with E-state index in [1.165, 1.54) is 17.7 Å². The van der Waals surface area contributed by atoms with Crippen LogP contribution in [0.4, 0.5) is 0 Å². The molecule has 2 aliphatic heterocycles. The summed E-state index contributed by atoms with van der Waals surface area (Å²) in [7, 11) is -3.12. The second-order valence-electron chi connectivity index (χ2n) is 7.12. The van der Waals surface area contributed by atoms with Gasteiger partial charge in [0.2, 0.25) is 10.0 Å². The fourth-order valence-corrected chi connectivity index (χ4v) is 6.20. The van der Waals surface area contributed by atoms with Gasteiger partial charge in [0.1, 0.15) is 0 Å². The molecule has 0 saturated carbocycles. The summed E-state index contributed by atoms with van der Waals surface area (Å²) in [6, 6.07) is 2.05. The molecule has 1 fully saturated rings. The third kappa shape index (κ3) is 5.18. The molecule has 0 aromatic carbocycles. The first-order valence-electron chi connectivity index (χ1n) is 9.51. The molecule has 2 aliphatic rings. The van der Waals surface area contributed by atoms with Gasteiger partial charge in [-0.25, -0.2) is 8.42 Å². The van der Waals surface area contributed by atoms with Crippen molar-refractivity contribution >= 4 is 21.4 Å². The third-order valence-electron chi connectivity index (χ3n) is 5.12. The average Bonchev–Trinajstić information content (AvgIpc) is 3.25. The summed E-state index contributed by atoms with van der Waals surface area (Å²) in [5.74, 6) is 1.07. The molecular formula is C18H30N2O3S2. The minimum absolute atomic E-state index is 0.266. The minimum atomic E-state index is -3.12. The summed E-state index contributed by atoms with van der Waals surface area (Å²) in [4.78, 5) is 1.29. The summed E-state index contributed by atoms with van der Waals surface area (Å²) in [5.41, 5.74) is 1.13. The Balaban J connectivity index is 1.48. The molecule has 0 amide bonds. The summed E-state index contributed by atoms with van der Waals surface area (Å²) < 4.78 is 32.4. The van der Waals surface area contributed by atoms with Gasteiger partial charge in [-0.3, -0.25) is 0 Å². The Hall–Kier alpha value is -0.630. The van der Waals surface area contributed by atoms with Crippen molar-refractivity contribution in [1.29, 1.82) is 0 Å². The highest BCUT2D eigenvalue weighted by Gasteiger charge is 2.27. The molecule has 0 radical (unpaired) electrons. The van der Waals surface area contributed by atoms with Gasteiger partial charge in [-0.1, -0.05) is 13.3 Å². The fourth-order valence-electron chi connectivity index (χ4n) is 3.55. The normalized spacial score (nSPS) is 21.4. The summed E-state index contributed by atoms with van der Waals surface area (Å²) in [6.07, 6.45) is 6.05. The van der Waals surface area contributed by atoms with Crippen molar-refractivity contribution in [2.24, 2.45) is 5.92 Å². The Bertz CT molecular complexity index is 651. The average molecular weight is 387 g/mol. The van der Waals surface area contributed by atoms with Crippen molar-refractivity contribution in [2.75, 3.05) is 32.0 Å². The maximum absolute atomic E-state index is 12.4. The number of hydrogen-bond acceptors (Lipinski definition) is 5. The van der Waals surface area contributed by atoms with E-state index < -0.39 is 10.0 Å². The van der Waals surface area contributed by atoms with Gasteiger partial charge >= 0.3 is 0 Å². The van der Waals surface area contributed by atoms with Gasteiger partial charge < -0.3 is 10.1 Å². The van der Waals surface area contributed by atoms with Crippen LogP contribution in [-0.2, 0) is 23.0 Å². The number of fused-ring (bicyclic) bond motifs is 1. The number of hydrogen-bond donors (Lipinski definition) is 1. The van der Waals surface area contributed by atoms with Crippen molar-refractivity contribution in [3.8, 4) is 5.06 Å². The summed E-state index contributed by atoms with van der Waals surface area (Å²) >= 11 is 1.69. The number of rotatable bonds is 9. The number of nitrogens with zero attached hydrogens (tertiary/aromatic N) is 1. The molecule has 1 aromatic rings. The van der Waals surface area contributed by atoms with E-state index in [0.29, 0.717) is 13.1 Å². The van der Waals surface area contributed by atoms with Crippen LogP contribution in [-0.4, -0.2) is 44.7 Å². The van der Waals surface area contributed by atoms with Gasteiger partial charge in [-0.15, -0.1) is 11.3 Å². The number of sulfonamides is 1. The zero-order valence-electron chi connectivity index (χ0n) is 15.1. The Morgan fingerprint density at radius 1 is 1.40 bits per heavy atom. The molecule has 3 heterocycles. The van der Waals surface area contributed by atoms with Gasteiger partial charge in [0.25, 0.3) is 0 Å². The maximum Gasteiger partial charge on any atom is 0.214 e. The predicted octanol–water partition coefficient (Wildman–Crippen LogP) is 3.00. The van der Waals surface area contributed by atoms with Crippen LogP contribution < -0.4 is 10.1 Å². The number of unbranched alkanes of at least 4 members (excludes halogenated alkanes) is 1. The van der Waals surface area contributed by atoms with E-state index in [2.05, 4.69) is 11.4 Å². The van der Waals surface area contributed by atoms with Crippen molar-refractivity contribution < 1.29 is 13.2 Å². The largest absolute Gasteiger partial charge is 0.484 e. The van der Waals surface area contributed by atoms with E-state index in [-0.39, 0.29) is 5.75 Å². The molecule has 0 bridgehead atoms. The van der Waals surface area contributed by atoms with Crippen LogP contribution in [0.5, 0.6) is 5.06 Å². The lowest BCUT2D eigenvalue weighted by molar-refractivity contribution is 0.302. The molecule has 3 rings (SSSR count). The van der Waals surface area contributed by atoms with Crippen molar-refractivity contribution in [3.63, 3.8) is 0 Å². The highest BCUT2D eigenvalue weighted by atomic mass is 32.2. The highest BCUT2D eigenvalue weighted by Crippen LogP contribution is 2.34. The van der Waals surface area contributed by atoms with Crippen LogP contribution in [0.15, 0.2) is 6.07 Å². The van der Waals surface area contributed by atoms with Gasteiger partial charge in [0, 0.05) is 18.0 Å². The Morgan fingerprint density at radius 3 is 3.04 bits per heavy atom. The molecule has 1 saturated heterocycles. The smallest absolute Gasteiger partial charge is 0.214 e. The van der Waals surface area contributed by atoms with Gasteiger partial charge in [0.05, 0.1) is 12.4 Å². The van der Waals surface area contributed by atoms with E-state index in [9.17, 15) is 8.42 Å². The lowest BCUT2D eigenvalue weighted by Gasteiger charge is -2.25. The Labute approximate surface area is 155 Å². The molecule has 142 valence electrons. The second kappa shape index (κ2) is 8.84. The Kier molecular flexibility index (Phi) is 6.77. The number of thiophene rings is 1. The van der Waals surface area contributed by atoms with Crippen molar-refractivity contribution in [3.05, 3.63) is 16.5 Å². The lowest BCUT2D eigenvalue weighted by Crippen LogP contribution is -2.36. The van der Waals surface area contributed by atoms with E-state index in [1.807, 2.05) is 6.92 Å². The first kappa shape index (κ1) is 19.1. The number of nitrogens with one attached hydrogen (secondary N) is 1. The maximum atomic E-state index is 12.4. The monoisotopic (exact) mass is 386 g/mol. The predicted molar refractivity (Wildman–Crippen MR) is 103 cm³/mol. The van der Waals surface area contributed by atoms with E-state index >= 15 is 0 Å². The molecule has 0 spiro atoms. The zero-order valence-corrected chi connectivity index (χ0v) is 16.8. The highest BCUT2D eigenvalue weighted by molar-refractivity contribution is 7.89. The van der Waals surface area contributed by atoms with Crippen LogP contribution in [0.2, 0.25) is 0 Å². The Morgan fingerprint density at radius 2 is 2.28 bits per heavy atom. The summed E-state index contributed by atoms with van der Waals surface area (Å²) in [6.45, 7) is 6.20. The molecule has 0 aliphatic carbocycles. The molecule has 5 nitrogen and oxygen atoms in total. The third-order valence-corrected chi connectivity index (χ3v) is 8.17. The van der Waals surface area contributed by atoms with Gasteiger partial charge in [0.15, 0.2) is 5.06 Å². The minimum Gasteiger partial charge on any atom is -0.484 e.